The fourth-order valence-corrected chi connectivity index (χ4v) is 1.95. The summed E-state index contributed by atoms with van der Waals surface area (Å²) in [7, 11) is 0. The zero-order chi connectivity index (χ0) is 13.9. The van der Waals surface area contributed by atoms with Crippen LogP contribution in [-0.2, 0) is 0 Å². The summed E-state index contributed by atoms with van der Waals surface area (Å²) in [6, 6.07) is 5.04. The second-order valence-electron chi connectivity index (χ2n) is 4.04. The van der Waals surface area contributed by atoms with Crippen molar-refractivity contribution in [2.24, 2.45) is 0 Å². The van der Waals surface area contributed by atoms with Crippen LogP contribution in [0.3, 0.4) is 0 Å². The van der Waals surface area contributed by atoms with Crippen LogP contribution in [0.4, 0.5) is 5.82 Å². The lowest BCUT2D eigenvalue weighted by Gasteiger charge is -2.18. The van der Waals surface area contributed by atoms with E-state index in [0.717, 1.165) is 0 Å². The maximum Gasteiger partial charge on any atom is 0.256 e. The van der Waals surface area contributed by atoms with Gasteiger partial charge in [0.15, 0.2) is 17.3 Å². The summed E-state index contributed by atoms with van der Waals surface area (Å²) in [6.45, 7) is 1.00. The fourth-order valence-electron chi connectivity index (χ4n) is 1.75. The largest absolute Gasteiger partial charge is 0.486 e. The molecule has 2 heterocycles. The summed E-state index contributed by atoms with van der Waals surface area (Å²) in [6.07, 6.45) is 2.99. The first-order valence-corrected chi connectivity index (χ1v) is 6.70. The van der Waals surface area contributed by atoms with Gasteiger partial charge in [0, 0.05) is 5.56 Å². The number of anilines is 1. The van der Waals surface area contributed by atoms with Gasteiger partial charge in [-0.15, -0.1) is 0 Å². The number of ether oxygens (including phenoxy) is 2. The molecule has 0 bridgehead atoms. The van der Waals surface area contributed by atoms with Gasteiger partial charge in [0.05, 0.1) is 12.4 Å². The van der Waals surface area contributed by atoms with Gasteiger partial charge in [-0.3, -0.25) is 4.79 Å². The predicted octanol–water partition coefficient (Wildman–Crippen LogP) is 2.26. The Morgan fingerprint density at radius 3 is 2.70 bits per heavy atom. The van der Waals surface area contributed by atoms with Gasteiger partial charge in [-0.2, -0.15) is 0 Å². The number of rotatable bonds is 2. The van der Waals surface area contributed by atoms with E-state index < -0.39 is 0 Å². The third kappa shape index (κ3) is 2.72. The Bertz CT molecular complexity index is 646. The van der Waals surface area contributed by atoms with E-state index in [1.165, 1.54) is 12.4 Å². The molecule has 0 spiro atoms. The molecule has 102 valence electrons. The van der Waals surface area contributed by atoms with Crippen LogP contribution in [0.2, 0.25) is 0 Å². The molecule has 0 saturated heterocycles. The number of nitrogens with one attached hydrogen (secondary N) is 1. The van der Waals surface area contributed by atoms with Crippen LogP contribution in [0, 0.1) is 0 Å². The molecular formula is C13H10BrN3O3. The van der Waals surface area contributed by atoms with Crippen molar-refractivity contribution in [1.29, 1.82) is 0 Å². The molecule has 0 fully saturated rings. The Morgan fingerprint density at radius 2 is 1.95 bits per heavy atom. The second kappa shape index (κ2) is 5.46. The Morgan fingerprint density at radius 1 is 1.15 bits per heavy atom. The molecule has 20 heavy (non-hydrogen) atoms. The number of hydrogen-bond donors (Lipinski definition) is 1. The van der Waals surface area contributed by atoms with E-state index in [1.54, 1.807) is 18.2 Å². The third-order valence-corrected chi connectivity index (χ3v) is 3.08. The van der Waals surface area contributed by atoms with Gasteiger partial charge in [-0.05, 0) is 34.1 Å². The lowest BCUT2D eigenvalue weighted by Crippen LogP contribution is -2.17. The summed E-state index contributed by atoms with van der Waals surface area (Å²) in [5.41, 5.74) is 0.471. The summed E-state index contributed by atoms with van der Waals surface area (Å²) in [5, 5.41) is 2.66. The molecule has 0 saturated carbocycles. The first-order chi connectivity index (χ1) is 9.72. The molecule has 0 radical (unpaired) electrons. The van der Waals surface area contributed by atoms with E-state index in [4.69, 9.17) is 9.47 Å². The lowest BCUT2D eigenvalue weighted by molar-refractivity contribution is 0.102. The molecule has 1 N–H and O–H groups in total. The molecule has 0 aliphatic carbocycles. The molecule has 0 atom stereocenters. The molecule has 1 aromatic carbocycles. The molecule has 7 heteroatoms. The van der Waals surface area contributed by atoms with Crippen molar-refractivity contribution in [1.82, 2.24) is 9.97 Å². The highest BCUT2D eigenvalue weighted by Crippen LogP contribution is 2.30. The van der Waals surface area contributed by atoms with Crippen molar-refractivity contribution >= 4 is 27.7 Å². The monoisotopic (exact) mass is 335 g/mol. The van der Waals surface area contributed by atoms with E-state index >= 15 is 0 Å². The van der Waals surface area contributed by atoms with Crippen LogP contribution in [0.25, 0.3) is 0 Å². The Kier molecular flexibility index (Phi) is 3.51. The topological polar surface area (TPSA) is 73.3 Å². The number of nitrogens with zero attached hydrogens (tertiary/aromatic N) is 2. The smallest absolute Gasteiger partial charge is 0.256 e. The zero-order valence-corrected chi connectivity index (χ0v) is 11.9. The van der Waals surface area contributed by atoms with Crippen molar-refractivity contribution < 1.29 is 14.3 Å². The highest BCUT2D eigenvalue weighted by Gasteiger charge is 2.15. The Hall–Kier alpha value is -2.15. The van der Waals surface area contributed by atoms with Crippen molar-refractivity contribution in [2.75, 3.05) is 18.5 Å². The lowest BCUT2D eigenvalue weighted by atomic mass is 10.2. The van der Waals surface area contributed by atoms with Crippen molar-refractivity contribution in [3.8, 4) is 11.5 Å². The van der Waals surface area contributed by atoms with Crippen LogP contribution in [0.15, 0.2) is 35.2 Å². The van der Waals surface area contributed by atoms with Gasteiger partial charge in [-0.25, -0.2) is 9.97 Å². The molecule has 3 rings (SSSR count). The average molecular weight is 336 g/mol. The molecule has 0 unspecified atom stereocenters. The number of carbonyl (C=O) groups excluding carboxylic acids is 1. The molecule has 6 nitrogen and oxygen atoms in total. The van der Waals surface area contributed by atoms with Crippen LogP contribution < -0.4 is 14.8 Å². The fraction of sp³-hybridized carbons (Fsp3) is 0.154. The minimum atomic E-state index is -0.279. The quantitative estimate of drug-likeness (QED) is 0.911. The number of aromatic nitrogens is 2. The van der Waals surface area contributed by atoms with Crippen molar-refractivity contribution in [3.63, 3.8) is 0 Å². The summed E-state index contributed by atoms with van der Waals surface area (Å²) < 4.78 is 11.5. The summed E-state index contributed by atoms with van der Waals surface area (Å²) in [5.74, 6) is 1.33. The van der Waals surface area contributed by atoms with Crippen LogP contribution >= 0.6 is 15.9 Å². The standard InChI is InChI=1S/C13H10BrN3O3/c14-11-6-16-12(7-15-11)17-13(18)8-1-2-9-10(5-8)20-4-3-19-9/h1-2,5-7H,3-4H2,(H,16,17,18). The molecule has 2 aromatic rings. The SMILES string of the molecule is O=C(Nc1cnc(Br)cn1)c1ccc2c(c1)OCCO2. The number of fused-ring (bicyclic) bond motifs is 1. The van der Waals surface area contributed by atoms with E-state index in [2.05, 4.69) is 31.2 Å². The number of halogens is 1. The predicted molar refractivity (Wildman–Crippen MR) is 75.1 cm³/mol. The van der Waals surface area contributed by atoms with Gasteiger partial charge in [0.2, 0.25) is 0 Å². The van der Waals surface area contributed by atoms with Crippen molar-refractivity contribution in [3.05, 3.63) is 40.8 Å². The number of carbonyl (C=O) groups is 1. The summed E-state index contributed by atoms with van der Waals surface area (Å²) >= 11 is 3.18. The Balaban J connectivity index is 1.78. The third-order valence-electron chi connectivity index (χ3n) is 2.67. The van der Waals surface area contributed by atoms with Crippen LogP contribution in [0.1, 0.15) is 10.4 Å². The zero-order valence-electron chi connectivity index (χ0n) is 10.3. The first-order valence-electron chi connectivity index (χ1n) is 5.91. The Labute approximate surface area is 123 Å². The average Bonchev–Trinajstić information content (AvgIpc) is 2.49. The number of amides is 1. The molecule has 1 amide bonds. The van der Waals surface area contributed by atoms with Crippen molar-refractivity contribution in [2.45, 2.75) is 0 Å². The van der Waals surface area contributed by atoms with Gasteiger partial charge in [-0.1, -0.05) is 0 Å². The van der Waals surface area contributed by atoms with E-state index in [9.17, 15) is 4.79 Å². The van der Waals surface area contributed by atoms with Gasteiger partial charge in [0.25, 0.3) is 5.91 Å². The molecule has 1 aliphatic heterocycles. The normalized spacial score (nSPS) is 12.8. The maximum atomic E-state index is 12.1. The molecular weight excluding hydrogens is 326 g/mol. The van der Waals surface area contributed by atoms with E-state index in [-0.39, 0.29) is 5.91 Å². The summed E-state index contributed by atoms with van der Waals surface area (Å²) in [4.78, 5) is 20.1. The molecule has 1 aliphatic rings. The van der Waals surface area contributed by atoms with E-state index in [0.29, 0.717) is 40.7 Å². The van der Waals surface area contributed by atoms with Crippen LogP contribution in [-0.4, -0.2) is 29.1 Å². The minimum absolute atomic E-state index is 0.279. The van der Waals surface area contributed by atoms with Gasteiger partial charge >= 0.3 is 0 Å². The second-order valence-corrected chi connectivity index (χ2v) is 4.85. The minimum Gasteiger partial charge on any atom is -0.486 e. The highest BCUT2D eigenvalue weighted by atomic mass is 79.9. The first kappa shape index (κ1) is 12.9. The highest BCUT2D eigenvalue weighted by molar-refractivity contribution is 9.10. The van der Waals surface area contributed by atoms with Crippen LogP contribution in [0.5, 0.6) is 11.5 Å². The number of hydrogen-bond acceptors (Lipinski definition) is 5. The van der Waals surface area contributed by atoms with Gasteiger partial charge in [0.1, 0.15) is 17.8 Å². The van der Waals surface area contributed by atoms with E-state index in [1.807, 2.05) is 0 Å². The van der Waals surface area contributed by atoms with Gasteiger partial charge < -0.3 is 14.8 Å². The molecule has 1 aromatic heterocycles. The maximum absolute atomic E-state index is 12.1. The number of benzene rings is 1.